The molecule has 0 amide bonds. The second-order valence-corrected chi connectivity index (χ2v) is 6.31. The summed E-state index contributed by atoms with van der Waals surface area (Å²) in [4.78, 5) is 12.8. The van der Waals surface area contributed by atoms with Gasteiger partial charge in [0, 0.05) is 10.9 Å². The molecule has 0 N–H and O–H groups in total. The lowest BCUT2D eigenvalue weighted by Gasteiger charge is -2.03. The van der Waals surface area contributed by atoms with E-state index in [2.05, 4.69) is 5.10 Å². The molecule has 1 fully saturated rings. The Balaban J connectivity index is 1.77. The first-order chi connectivity index (χ1) is 11.2. The van der Waals surface area contributed by atoms with Crippen LogP contribution < -0.4 is 5.69 Å². The highest BCUT2D eigenvalue weighted by Crippen LogP contribution is 2.39. The molecule has 0 unspecified atom stereocenters. The van der Waals surface area contributed by atoms with Crippen molar-refractivity contribution in [1.82, 2.24) is 14.3 Å². The van der Waals surface area contributed by atoms with Gasteiger partial charge in [0.1, 0.15) is 5.82 Å². The third kappa shape index (κ3) is 2.82. The fourth-order valence-electron chi connectivity index (χ4n) is 2.72. The van der Waals surface area contributed by atoms with Gasteiger partial charge in [-0.15, -0.1) is 0 Å². The van der Waals surface area contributed by atoms with Crippen molar-refractivity contribution in [3.8, 4) is 5.69 Å². The number of benzene rings is 2. The van der Waals surface area contributed by atoms with Crippen LogP contribution in [-0.4, -0.2) is 14.3 Å². The minimum Gasteiger partial charge on any atom is -0.247 e. The van der Waals surface area contributed by atoms with E-state index in [9.17, 15) is 4.79 Å². The average Bonchev–Trinajstić information content (AvgIpc) is 3.36. The van der Waals surface area contributed by atoms with Gasteiger partial charge in [-0.05, 0) is 42.7 Å². The van der Waals surface area contributed by atoms with Gasteiger partial charge in [-0.25, -0.2) is 14.0 Å². The zero-order valence-electron chi connectivity index (χ0n) is 12.5. The van der Waals surface area contributed by atoms with Crippen molar-refractivity contribution in [1.29, 1.82) is 0 Å². The second-order valence-electron chi connectivity index (χ2n) is 5.87. The molecule has 0 atom stereocenters. The molecular weight excluding hydrogens is 310 g/mol. The molecule has 0 aliphatic heterocycles. The lowest BCUT2D eigenvalue weighted by molar-refractivity contribution is 0.648. The second kappa shape index (κ2) is 5.70. The topological polar surface area (TPSA) is 39.8 Å². The molecule has 1 aromatic heterocycles. The van der Waals surface area contributed by atoms with E-state index in [1.165, 1.54) is 0 Å². The highest BCUT2D eigenvalue weighted by atomic mass is 35.5. The predicted octanol–water partition coefficient (Wildman–Crippen LogP) is 3.61. The summed E-state index contributed by atoms with van der Waals surface area (Å²) in [6.45, 7) is 0.454. The molecule has 1 heterocycles. The zero-order valence-corrected chi connectivity index (χ0v) is 13.3. The summed E-state index contributed by atoms with van der Waals surface area (Å²) in [5.74, 6) is 1.27. The summed E-state index contributed by atoms with van der Waals surface area (Å²) in [5, 5.41) is 5.29. The molecular formula is C18H16ClN3O. The number of hydrogen-bond donors (Lipinski definition) is 0. The highest BCUT2D eigenvalue weighted by molar-refractivity contribution is 6.30. The lowest BCUT2D eigenvalue weighted by atomic mass is 10.2. The number of rotatable bonds is 4. The van der Waals surface area contributed by atoms with Crippen molar-refractivity contribution in [2.45, 2.75) is 25.3 Å². The van der Waals surface area contributed by atoms with Crippen LogP contribution in [0.25, 0.3) is 5.69 Å². The molecule has 0 bridgehead atoms. The lowest BCUT2D eigenvalue weighted by Crippen LogP contribution is -2.24. The van der Waals surface area contributed by atoms with Crippen LogP contribution >= 0.6 is 11.6 Å². The van der Waals surface area contributed by atoms with E-state index in [1.807, 2.05) is 54.6 Å². The smallest absolute Gasteiger partial charge is 0.247 e. The van der Waals surface area contributed by atoms with Gasteiger partial charge in [0.15, 0.2) is 0 Å². The van der Waals surface area contributed by atoms with Gasteiger partial charge in [-0.3, -0.25) is 0 Å². The molecule has 1 saturated carbocycles. The van der Waals surface area contributed by atoms with Crippen LogP contribution in [0, 0.1) is 0 Å². The van der Waals surface area contributed by atoms with Gasteiger partial charge in [0.2, 0.25) is 0 Å². The van der Waals surface area contributed by atoms with E-state index in [1.54, 1.807) is 9.25 Å². The van der Waals surface area contributed by atoms with Gasteiger partial charge < -0.3 is 0 Å². The van der Waals surface area contributed by atoms with Crippen molar-refractivity contribution >= 4 is 11.6 Å². The first-order valence-electron chi connectivity index (χ1n) is 7.72. The van der Waals surface area contributed by atoms with E-state index in [0.717, 1.165) is 29.9 Å². The van der Waals surface area contributed by atoms with E-state index < -0.39 is 0 Å². The maximum atomic E-state index is 12.8. The quantitative estimate of drug-likeness (QED) is 0.735. The molecule has 2 aromatic carbocycles. The Bertz CT molecular complexity index is 877. The normalized spacial score (nSPS) is 14.1. The molecule has 1 aliphatic rings. The fourth-order valence-corrected chi connectivity index (χ4v) is 2.84. The molecule has 1 aliphatic carbocycles. The van der Waals surface area contributed by atoms with E-state index in [0.29, 0.717) is 17.5 Å². The number of aromatic nitrogens is 3. The molecule has 23 heavy (non-hydrogen) atoms. The molecule has 0 saturated heterocycles. The van der Waals surface area contributed by atoms with E-state index in [4.69, 9.17) is 11.6 Å². The Morgan fingerprint density at radius 3 is 2.39 bits per heavy atom. The minimum atomic E-state index is -0.0898. The Kier molecular flexibility index (Phi) is 3.54. The number of halogens is 1. The van der Waals surface area contributed by atoms with Crippen molar-refractivity contribution in [2.75, 3.05) is 0 Å². The number of para-hydroxylation sites is 1. The van der Waals surface area contributed by atoms with Gasteiger partial charge in [-0.2, -0.15) is 5.10 Å². The maximum absolute atomic E-state index is 12.8. The molecule has 3 aromatic rings. The van der Waals surface area contributed by atoms with Gasteiger partial charge in [0.25, 0.3) is 0 Å². The monoisotopic (exact) mass is 325 g/mol. The van der Waals surface area contributed by atoms with Gasteiger partial charge in [0.05, 0.1) is 12.2 Å². The van der Waals surface area contributed by atoms with E-state index in [-0.39, 0.29) is 5.69 Å². The van der Waals surface area contributed by atoms with Crippen molar-refractivity contribution in [3.05, 3.63) is 81.5 Å². The molecule has 0 spiro atoms. The van der Waals surface area contributed by atoms with Crippen molar-refractivity contribution in [3.63, 3.8) is 0 Å². The van der Waals surface area contributed by atoms with Crippen LogP contribution in [0.2, 0.25) is 5.02 Å². The fraction of sp³-hybridized carbons (Fsp3) is 0.222. The Hall–Kier alpha value is -2.33. The summed E-state index contributed by atoms with van der Waals surface area (Å²) >= 11 is 5.92. The molecule has 4 nitrogen and oxygen atoms in total. The Morgan fingerprint density at radius 2 is 1.74 bits per heavy atom. The first-order valence-corrected chi connectivity index (χ1v) is 8.10. The van der Waals surface area contributed by atoms with Gasteiger partial charge in [-0.1, -0.05) is 41.9 Å². The number of nitrogens with zero attached hydrogens (tertiary/aromatic N) is 3. The Morgan fingerprint density at radius 1 is 1.04 bits per heavy atom. The van der Waals surface area contributed by atoms with E-state index >= 15 is 0 Å². The largest absolute Gasteiger partial charge is 0.350 e. The van der Waals surface area contributed by atoms with Crippen LogP contribution in [-0.2, 0) is 6.54 Å². The standard InChI is InChI=1S/C18H16ClN3O/c19-15-10-6-13(7-11-15)12-21-18(23)22(16-4-2-1-3-5-16)17(20-21)14-8-9-14/h1-7,10-11,14H,8-9,12H2. The van der Waals surface area contributed by atoms with Crippen LogP contribution in [0.3, 0.4) is 0 Å². The minimum absolute atomic E-state index is 0.0898. The average molecular weight is 326 g/mol. The summed E-state index contributed by atoms with van der Waals surface area (Å²) in [5.41, 5.74) is 1.80. The number of hydrogen-bond acceptors (Lipinski definition) is 2. The predicted molar refractivity (Wildman–Crippen MR) is 90.4 cm³/mol. The zero-order chi connectivity index (χ0) is 15.8. The summed E-state index contributed by atoms with van der Waals surface area (Å²) in [6.07, 6.45) is 2.20. The van der Waals surface area contributed by atoms with Crippen molar-refractivity contribution in [2.24, 2.45) is 0 Å². The Labute approximate surface area is 139 Å². The molecule has 0 radical (unpaired) electrons. The van der Waals surface area contributed by atoms with Gasteiger partial charge >= 0.3 is 5.69 Å². The van der Waals surface area contributed by atoms with Crippen LogP contribution in [0.1, 0.15) is 30.1 Å². The molecule has 116 valence electrons. The third-order valence-electron chi connectivity index (χ3n) is 4.07. The van der Waals surface area contributed by atoms with Crippen LogP contribution in [0.4, 0.5) is 0 Å². The highest BCUT2D eigenvalue weighted by Gasteiger charge is 2.31. The third-order valence-corrected chi connectivity index (χ3v) is 4.32. The summed E-state index contributed by atoms with van der Waals surface area (Å²) < 4.78 is 3.29. The first kappa shape index (κ1) is 14.3. The van der Waals surface area contributed by atoms with Crippen molar-refractivity contribution < 1.29 is 0 Å². The molecule has 5 heteroatoms. The summed E-state index contributed by atoms with van der Waals surface area (Å²) in [6, 6.07) is 17.2. The summed E-state index contributed by atoms with van der Waals surface area (Å²) in [7, 11) is 0. The maximum Gasteiger partial charge on any atom is 0.350 e. The SMILES string of the molecule is O=c1n(Cc2ccc(Cl)cc2)nc(C2CC2)n1-c1ccccc1. The van der Waals surface area contributed by atoms with Crippen LogP contribution in [0.15, 0.2) is 59.4 Å². The van der Waals surface area contributed by atoms with Crippen LogP contribution in [0.5, 0.6) is 0 Å². The molecule has 4 rings (SSSR count).